The maximum atomic E-state index is 12.8. The molecular formula is C25H30O5. The van der Waals surface area contributed by atoms with Gasteiger partial charge in [0.25, 0.3) is 0 Å². The first-order chi connectivity index (χ1) is 14.5. The van der Waals surface area contributed by atoms with Gasteiger partial charge < -0.3 is 14.6 Å². The Kier molecular flexibility index (Phi) is 7.89. The summed E-state index contributed by atoms with van der Waals surface area (Å²) in [6, 6.07) is 13.1. The van der Waals surface area contributed by atoms with Crippen molar-refractivity contribution in [2.75, 3.05) is 0 Å². The van der Waals surface area contributed by atoms with Gasteiger partial charge in [-0.3, -0.25) is 4.79 Å². The lowest BCUT2D eigenvalue weighted by molar-refractivity contribution is -0.119. The van der Waals surface area contributed by atoms with E-state index in [0.717, 1.165) is 30.4 Å². The lowest BCUT2D eigenvalue weighted by Gasteiger charge is -2.18. The lowest BCUT2D eigenvalue weighted by Crippen LogP contribution is -2.17. The van der Waals surface area contributed by atoms with Crippen LogP contribution in [0.15, 0.2) is 42.5 Å². The summed E-state index contributed by atoms with van der Waals surface area (Å²) >= 11 is 0. The van der Waals surface area contributed by atoms with Crippen molar-refractivity contribution in [2.24, 2.45) is 0 Å². The molecule has 1 heterocycles. The number of rotatable bonds is 3. The molecule has 0 amide bonds. The van der Waals surface area contributed by atoms with E-state index in [0.29, 0.717) is 44.5 Å². The topological polar surface area (TPSA) is 72.8 Å². The van der Waals surface area contributed by atoms with Gasteiger partial charge >= 0.3 is 5.97 Å². The molecule has 1 N–H and O–H groups in total. The Bertz CT molecular complexity index is 859. The Balaban J connectivity index is 1.80. The lowest BCUT2D eigenvalue weighted by atomic mass is 9.98. The van der Waals surface area contributed by atoms with Gasteiger partial charge in [-0.1, -0.05) is 36.8 Å². The highest BCUT2D eigenvalue weighted by Crippen LogP contribution is 2.31. The molecule has 0 aliphatic carbocycles. The van der Waals surface area contributed by atoms with Crippen molar-refractivity contribution < 1.29 is 24.2 Å². The van der Waals surface area contributed by atoms with Crippen LogP contribution in [0.5, 0.6) is 11.5 Å². The van der Waals surface area contributed by atoms with Crippen LogP contribution in [-0.2, 0) is 22.6 Å². The Morgan fingerprint density at radius 1 is 1.00 bits per heavy atom. The summed E-state index contributed by atoms with van der Waals surface area (Å²) in [5.74, 6) is 0.163. The Labute approximate surface area is 178 Å². The molecule has 5 nitrogen and oxygen atoms in total. The average molecular weight is 411 g/mol. The first-order valence-corrected chi connectivity index (χ1v) is 10.8. The van der Waals surface area contributed by atoms with Crippen LogP contribution in [0.2, 0.25) is 0 Å². The molecule has 0 bridgehead atoms. The van der Waals surface area contributed by atoms with Gasteiger partial charge in [0.15, 0.2) is 0 Å². The fraction of sp³-hybridized carbons (Fsp3) is 0.440. The van der Waals surface area contributed by atoms with E-state index >= 15 is 0 Å². The van der Waals surface area contributed by atoms with Crippen molar-refractivity contribution in [2.45, 2.75) is 71.0 Å². The zero-order valence-corrected chi connectivity index (χ0v) is 17.6. The molecule has 0 radical (unpaired) electrons. The number of Topliss-reactive ketones (excluding diaryl/α,β-unsaturated/α-hetero) is 1. The van der Waals surface area contributed by atoms with Gasteiger partial charge in [-0.25, -0.2) is 4.79 Å². The standard InChI is InChI=1S/C25H30O5/c1-18-9-8-14-21(26)13-7-3-6-12-20-15-22(16-23(27)24(20)25(28)30-18)29-17-19-10-4-2-5-11-19/h2,4-5,10-11,15-16,18,27H,3,6-9,12-14,17H2,1H3/t18-/m0/s1. The molecule has 5 heteroatoms. The molecule has 0 unspecified atom stereocenters. The summed E-state index contributed by atoms with van der Waals surface area (Å²) < 4.78 is 11.4. The van der Waals surface area contributed by atoms with Crippen LogP contribution >= 0.6 is 0 Å². The quantitative estimate of drug-likeness (QED) is 0.689. The predicted molar refractivity (Wildman–Crippen MR) is 115 cm³/mol. The number of aryl methyl sites for hydroxylation is 1. The van der Waals surface area contributed by atoms with Gasteiger partial charge in [0.05, 0.1) is 6.10 Å². The van der Waals surface area contributed by atoms with E-state index < -0.39 is 5.97 Å². The number of carbonyl (C=O) groups excluding carboxylic acids is 2. The van der Waals surface area contributed by atoms with Crippen LogP contribution in [0.1, 0.15) is 73.4 Å². The zero-order chi connectivity index (χ0) is 21.3. The molecule has 0 saturated carbocycles. The number of hydrogen-bond donors (Lipinski definition) is 1. The number of carbonyl (C=O) groups is 2. The number of aromatic hydroxyl groups is 1. The van der Waals surface area contributed by atoms with Crippen molar-refractivity contribution in [3.8, 4) is 11.5 Å². The molecule has 2 aromatic carbocycles. The predicted octanol–water partition coefficient (Wildman–Crippen LogP) is 5.37. The van der Waals surface area contributed by atoms with E-state index in [-0.39, 0.29) is 23.2 Å². The third-order valence-electron chi connectivity index (χ3n) is 5.40. The fourth-order valence-electron chi connectivity index (χ4n) is 3.74. The fourth-order valence-corrected chi connectivity index (χ4v) is 3.74. The number of phenols is 1. The number of ketones is 1. The first-order valence-electron chi connectivity index (χ1n) is 10.8. The minimum absolute atomic E-state index is 0.116. The molecule has 160 valence electrons. The van der Waals surface area contributed by atoms with Crippen LogP contribution in [0.3, 0.4) is 0 Å². The maximum absolute atomic E-state index is 12.8. The summed E-state index contributed by atoms with van der Waals surface area (Å²) in [4.78, 5) is 24.7. The number of fused-ring (bicyclic) bond motifs is 1. The van der Waals surface area contributed by atoms with Crippen molar-refractivity contribution in [1.82, 2.24) is 0 Å². The second-order valence-corrected chi connectivity index (χ2v) is 7.96. The number of hydrogen-bond acceptors (Lipinski definition) is 5. The summed E-state index contributed by atoms with van der Waals surface area (Å²) in [7, 11) is 0. The molecule has 30 heavy (non-hydrogen) atoms. The van der Waals surface area contributed by atoms with Gasteiger partial charge in [0, 0.05) is 18.9 Å². The third kappa shape index (κ3) is 6.34. The van der Waals surface area contributed by atoms with E-state index in [9.17, 15) is 14.7 Å². The van der Waals surface area contributed by atoms with E-state index in [4.69, 9.17) is 9.47 Å². The molecule has 0 aromatic heterocycles. The zero-order valence-electron chi connectivity index (χ0n) is 17.6. The summed E-state index contributed by atoms with van der Waals surface area (Å²) in [5.41, 5.74) is 1.97. The van der Waals surface area contributed by atoms with Gasteiger partial charge in [0.1, 0.15) is 29.5 Å². The van der Waals surface area contributed by atoms with Crippen LogP contribution in [0.4, 0.5) is 0 Å². The molecule has 3 rings (SSSR count). The molecule has 0 fully saturated rings. The molecular weight excluding hydrogens is 380 g/mol. The molecule has 0 spiro atoms. The Hall–Kier alpha value is -2.82. The number of benzene rings is 2. The molecule has 1 aliphatic rings. The van der Waals surface area contributed by atoms with Crippen molar-refractivity contribution >= 4 is 11.8 Å². The van der Waals surface area contributed by atoms with E-state index in [1.807, 2.05) is 43.3 Å². The summed E-state index contributed by atoms with van der Waals surface area (Å²) in [5, 5.41) is 10.6. The Morgan fingerprint density at radius 3 is 2.53 bits per heavy atom. The van der Waals surface area contributed by atoms with E-state index in [1.54, 1.807) is 0 Å². The maximum Gasteiger partial charge on any atom is 0.342 e. The van der Waals surface area contributed by atoms with Crippen LogP contribution in [0, 0.1) is 0 Å². The largest absolute Gasteiger partial charge is 0.507 e. The Morgan fingerprint density at radius 2 is 1.73 bits per heavy atom. The first kappa shape index (κ1) is 21.9. The number of cyclic esters (lactones) is 1. The molecule has 2 aromatic rings. The monoisotopic (exact) mass is 410 g/mol. The SMILES string of the molecule is C[C@H]1CCCC(=O)CCCCCc2cc(OCc3ccccc3)cc(O)c2C(=O)O1. The van der Waals surface area contributed by atoms with Gasteiger partial charge in [0.2, 0.25) is 0 Å². The van der Waals surface area contributed by atoms with Crippen LogP contribution < -0.4 is 4.74 Å². The minimum Gasteiger partial charge on any atom is -0.507 e. The molecule has 1 aliphatic heterocycles. The second-order valence-electron chi connectivity index (χ2n) is 7.96. The number of esters is 1. The number of ether oxygens (including phenoxy) is 2. The van der Waals surface area contributed by atoms with Gasteiger partial charge in [-0.15, -0.1) is 0 Å². The van der Waals surface area contributed by atoms with Gasteiger partial charge in [-0.05, 0) is 56.2 Å². The second kappa shape index (κ2) is 10.8. The smallest absolute Gasteiger partial charge is 0.342 e. The number of phenolic OH excluding ortho intramolecular Hbond substituents is 1. The van der Waals surface area contributed by atoms with Crippen molar-refractivity contribution in [3.05, 3.63) is 59.2 Å². The summed E-state index contributed by atoms with van der Waals surface area (Å²) in [6.45, 7) is 2.20. The van der Waals surface area contributed by atoms with Crippen molar-refractivity contribution in [1.29, 1.82) is 0 Å². The van der Waals surface area contributed by atoms with Crippen LogP contribution in [0.25, 0.3) is 0 Å². The molecule has 0 saturated heterocycles. The highest BCUT2D eigenvalue weighted by molar-refractivity contribution is 5.94. The van der Waals surface area contributed by atoms with E-state index in [2.05, 4.69) is 0 Å². The third-order valence-corrected chi connectivity index (χ3v) is 5.40. The van der Waals surface area contributed by atoms with Crippen molar-refractivity contribution in [3.63, 3.8) is 0 Å². The summed E-state index contributed by atoms with van der Waals surface area (Å²) in [6.07, 6.45) is 5.35. The van der Waals surface area contributed by atoms with E-state index in [1.165, 1.54) is 6.07 Å². The van der Waals surface area contributed by atoms with Crippen LogP contribution in [-0.4, -0.2) is 23.0 Å². The normalized spacial score (nSPS) is 18.8. The highest BCUT2D eigenvalue weighted by Gasteiger charge is 2.22. The average Bonchev–Trinajstić information content (AvgIpc) is 2.72. The minimum atomic E-state index is -0.520. The molecule has 1 atom stereocenters. The highest BCUT2D eigenvalue weighted by atomic mass is 16.5. The van der Waals surface area contributed by atoms with Gasteiger partial charge in [-0.2, -0.15) is 0 Å².